The second-order valence-electron chi connectivity index (χ2n) is 11.9. The molecule has 0 spiro atoms. The first-order valence-electron chi connectivity index (χ1n) is 12.1. The first-order valence-corrected chi connectivity index (χ1v) is 12.1. The predicted molar refractivity (Wildman–Crippen MR) is 117 cm³/mol. The van der Waals surface area contributed by atoms with Crippen molar-refractivity contribution in [1.82, 2.24) is 0 Å². The van der Waals surface area contributed by atoms with Crippen LogP contribution in [-0.2, 0) is 11.2 Å². The average Bonchev–Trinajstić information content (AvgIpc) is 2.70. The molecule has 0 unspecified atom stereocenters. The standard InChI is InChI=1S/C26H38O5/c1-23-11-7-20-24(2)9-4-10-26(20,15-31-22(24)29)19(23)8-12-25(3,30)21(23)14-16-13-17(27)5-6-18(16)28/h5-6,13,19-22,27-30H,4,7-12,14-15H2,1-3H3/t19-,20-,21-,22+,23+,24+,25-,26-/m0/s1. The molecule has 2 bridgehead atoms. The maximum Gasteiger partial charge on any atom is 0.160 e. The van der Waals surface area contributed by atoms with E-state index in [1.165, 1.54) is 6.07 Å². The summed E-state index contributed by atoms with van der Waals surface area (Å²) in [4.78, 5) is 0. The summed E-state index contributed by atoms with van der Waals surface area (Å²) in [7, 11) is 0. The van der Waals surface area contributed by atoms with Gasteiger partial charge in [0, 0.05) is 10.8 Å². The lowest BCUT2D eigenvalue weighted by molar-refractivity contribution is -0.327. The van der Waals surface area contributed by atoms with Gasteiger partial charge < -0.3 is 25.2 Å². The largest absolute Gasteiger partial charge is 0.508 e. The summed E-state index contributed by atoms with van der Waals surface area (Å²) in [5.41, 5.74) is -0.360. The van der Waals surface area contributed by atoms with E-state index in [-0.39, 0.29) is 33.7 Å². The average molecular weight is 431 g/mol. The predicted octanol–water partition coefficient (Wildman–Crippen LogP) is 4.36. The number of phenolic OH excluding ortho intramolecular Hbond substituents is 2. The van der Waals surface area contributed by atoms with Gasteiger partial charge in [-0.05, 0) is 98.8 Å². The van der Waals surface area contributed by atoms with E-state index in [1.54, 1.807) is 12.1 Å². The van der Waals surface area contributed by atoms with E-state index < -0.39 is 11.9 Å². The quantitative estimate of drug-likeness (QED) is 0.524. The van der Waals surface area contributed by atoms with Crippen LogP contribution in [0.2, 0.25) is 0 Å². The fraction of sp³-hybridized carbons (Fsp3) is 0.769. The SMILES string of the molecule is C[C@]12CCC[C@@]3(CO[C@H]1O)[C@H]2CC[C@]1(C)[C@@H]3CC[C@](C)(O)[C@H]1Cc1cc(O)ccc1O. The highest BCUT2D eigenvalue weighted by molar-refractivity contribution is 5.39. The molecule has 3 aliphatic carbocycles. The molecule has 4 N–H and O–H groups in total. The van der Waals surface area contributed by atoms with Gasteiger partial charge in [0.05, 0.1) is 12.2 Å². The van der Waals surface area contributed by atoms with Crippen molar-refractivity contribution in [2.45, 2.75) is 84.0 Å². The number of aliphatic hydroxyl groups is 2. The van der Waals surface area contributed by atoms with Gasteiger partial charge in [0.25, 0.3) is 0 Å². The van der Waals surface area contributed by atoms with Crippen LogP contribution in [0.5, 0.6) is 11.5 Å². The Morgan fingerprint density at radius 2 is 1.68 bits per heavy atom. The van der Waals surface area contributed by atoms with E-state index >= 15 is 0 Å². The van der Waals surface area contributed by atoms with Crippen molar-refractivity contribution in [1.29, 1.82) is 0 Å². The van der Waals surface area contributed by atoms with Gasteiger partial charge in [0.2, 0.25) is 0 Å². The maximum absolute atomic E-state index is 11.6. The Balaban J connectivity index is 1.55. The molecule has 1 saturated heterocycles. The lowest BCUT2D eigenvalue weighted by Gasteiger charge is -2.70. The van der Waals surface area contributed by atoms with E-state index in [9.17, 15) is 20.4 Å². The van der Waals surface area contributed by atoms with Gasteiger partial charge in [-0.1, -0.05) is 20.3 Å². The normalized spacial score (nSPS) is 49.2. The Kier molecular flexibility index (Phi) is 4.76. The Labute approximate surface area is 185 Å². The van der Waals surface area contributed by atoms with Gasteiger partial charge in [-0.25, -0.2) is 0 Å². The summed E-state index contributed by atoms with van der Waals surface area (Å²) in [6, 6.07) is 4.68. The molecule has 31 heavy (non-hydrogen) atoms. The van der Waals surface area contributed by atoms with E-state index in [4.69, 9.17) is 4.74 Å². The second-order valence-corrected chi connectivity index (χ2v) is 11.9. The van der Waals surface area contributed by atoms with Crippen LogP contribution in [-0.4, -0.2) is 38.9 Å². The topological polar surface area (TPSA) is 90.2 Å². The summed E-state index contributed by atoms with van der Waals surface area (Å²) >= 11 is 0. The number of rotatable bonds is 2. The number of hydrogen-bond donors (Lipinski definition) is 4. The van der Waals surface area contributed by atoms with Gasteiger partial charge in [-0.2, -0.15) is 0 Å². The van der Waals surface area contributed by atoms with Crippen molar-refractivity contribution in [3.05, 3.63) is 23.8 Å². The molecular formula is C26H38O5. The van der Waals surface area contributed by atoms with Crippen LogP contribution in [0.1, 0.15) is 71.3 Å². The highest BCUT2D eigenvalue weighted by Crippen LogP contribution is 2.72. The molecule has 5 nitrogen and oxygen atoms in total. The van der Waals surface area contributed by atoms with Gasteiger partial charge in [0.15, 0.2) is 6.29 Å². The third kappa shape index (κ3) is 2.92. The third-order valence-electron chi connectivity index (χ3n) is 10.4. The highest BCUT2D eigenvalue weighted by Gasteiger charge is 2.69. The number of fused-ring (bicyclic) bond motifs is 1. The van der Waals surface area contributed by atoms with Crippen LogP contribution >= 0.6 is 0 Å². The van der Waals surface area contributed by atoms with Gasteiger partial charge in [-0.3, -0.25) is 0 Å². The lowest BCUT2D eigenvalue weighted by atomic mass is 9.37. The Morgan fingerprint density at radius 1 is 0.968 bits per heavy atom. The second kappa shape index (κ2) is 6.85. The van der Waals surface area contributed by atoms with Crippen molar-refractivity contribution in [3.63, 3.8) is 0 Å². The molecule has 1 aromatic rings. The zero-order valence-electron chi connectivity index (χ0n) is 19.1. The number of hydrogen-bond acceptors (Lipinski definition) is 5. The summed E-state index contributed by atoms with van der Waals surface area (Å²) in [6.07, 6.45) is 6.88. The number of aliphatic hydroxyl groups excluding tert-OH is 1. The molecule has 4 fully saturated rings. The summed E-state index contributed by atoms with van der Waals surface area (Å²) in [6.45, 7) is 7.13. The number of ether oxygens (including phenoxy) is 1. The molecule has 5 heteroatoms. The molecule has 1 heterocycles. The molecule has 172 valence electrons. The Morgan fingerprint density at radius 3 is 2.45 bits per heavy atom. The number of phenols is 2. The van der Waals surface area contributed by atoms with Crippen LogP contribution in [0.4, 0.5) is 0 Å². The van der Waals surface area contributed by atoms with E-state index in [0.29, 0.717) is 30.4 Å². The van der Waals surface area contributed by atoms with Crippen LogP contribution in [0.25, 0.3) is 0 Å². The van der Waals surface area contributed by atoms with Crippen LogP contribution < -0.4 is 0 Å². The minimum Gasteiger partial charge on any atom is -0.508 e. The minimum atomic E-state index is -0.834. The van der Waals surface area contributed by atoms with Gasteiger partial charge >= 0.3 is 0 Å². The van der Waals surface area contributed by atoms with Crippen molar-refractivity contribution in [3.8, 4) is 11.5 Å². The third-order valence-corrected chi connectivity index (χ3v) is 10.4. The molecule has 8 atom stereocenters. The zero-order chi connectivity index (χ0) is 22.2. The Hall–Kier alpha value is -1.30. The smallest absolute Gasteiger partial charge is 0.160 e. The maximum atomic E-state index is 11.6. The lowest BCUT2D eigenvalue weighted by Crippen LogP contribution is -2.68. The molecule has 0 aromatic heterocycles. The summed E-state index contributed by atoms with van der Waals surface area (Å²) < 4.78 is 6.06. The molecule has 0 amide bonds. The van der Waals surface area contributed by atoms with Crippen LogP contribution in [0, 0.1) is 34.0 Å². The van der Waals surface area contributed by atoms with E-state index in [0.717, 1.165) is 44.9 Å². The van der Waals surface area contributed by atoms with Crippen LogP contribution in [0.15, 0.2) is 18.2 Å². The van der Waals surface area contributed by atoms with Gasteiger partial charge in [-0.15, -0.1) is 0 Å². The van der Waals surface area contributed by atoms with Crippen molar-refractivity contribution in [2.75, 3.05) is 6.61 Å². The molecular weight excluding hydrogens is 392 g/mol. The molecule has 1 aromatic carbocycles. The summed E-state index contributed by atoms with van der Waals surface area (Å²) in [5, 5.41) is 42.8. The highest BCUT2D eigenvalue weighted by atomic mass is 16.6. The first kappa shape index (κ1) is 21.5. The fourth-order valence-electron chi connectivity index (χ4n) is 8.88. The number of benzene rings is 1. The molecule has 1 aliphatic heterocycles. The van der Waals surface area contributed by atoms with Crippen LogP contribution in [0.3, 0.4) is 0 Å². The molecule has 0 radical (unpaired) electrons. The van der Waals surface area contributed by atoms with E-state index in [2.05, 4.69) is 13.8 Å². The van der Waals surface area contributed by atoms with Crippen molar-refractivity contribution in [2.24, 2.45) is 34.0 Å². The number of aromatic hydroxyl groups is 2. The van der Waals surface area contributed by atoms with Crippen molar-refractivity contribution >= 4 is 0 Å². The fourth-order valence-corrected chi connectivity index (χ4v) is 8.88. The first-order chi connectivity index (χ1) is 14.5. The van der Waals surface area contributed by atoms with Gasteiger partial charge in [0.1, 0.15) is 11.5 Å². The zero-order valence-corrected chi connectivity index (χ0v) is 19.1. The minimum absolute atomic E-state index is 0.0261. The molecule has 5 rings (SSSR count). The summed E-state index contributed by atoms with van der Waals surface area (Å²) in [5.74, 6) is 1.16. The van der Waals surface area contributed by atoms with E-state index in [1.807, 2.05) is 6.92 Å². The Bertz CT molecular complexity index is 867. The van der Waals surface area contributed by atoms with Crippen molar-refractivity contribution < 1.29 is 25.2 Å². The monoisotopic (exact) mass is 430 g/mol. The molecule has 4 aliphatic rings. The molecule has 3 saturated carbocycles.